The average Bonchev–Trinajstić information content (AvgIpc) is 2.39. The molecule has 1 aromatic carbocycles. The summed E-state index contributed by atoms with van der Waals surface area (Å²) in [4.78, 5) is 10.6. The summed E-state index contributed by atoms with van der Waals surface area (Å²) in [5, 5.41) is 23.6. The Kier molecular flexibility index (Phi) is 4.76. The van der Waals surface area contributed by atoms with Gasteiger partial charge in [-0.2, -0.15) is 0 Å². The summed E-state index contributed by atoms with van der Waals surface area (Å²) in [6.45, 7) is 0.717. The second kappa shape index (κ2) is 6.34. The first-order chi connectivity index (χ1) is 9.06. The van der Waals surface area contributed by atoms with Crippen molar-refractivity contribution in [1.29, 1.82) is 0 Å². The van der Waals surface area contributed by atoms with E-state index in [0.717, 1.165) is 32.2 Å². The lowest BCUT2D eigenvalue weighted by atomic mass is 9.87. The van der Waals surface area contributed by atoms with E-state index < -0.39 is 0 Å². The van der Waals surface area contributed by atoms with Crippen molar-refractivity contribution in [3.63, 3.8) is 0 Å². The molecule has 0 saturated heterocycles. The van der Waals surface area contributed by atoms with E-state index in [1.54, 1.807) is 12.1 Å². The molecule has 0 aromatic heterocycles. The summed E-state index contributed by atoms with van der Waals surface area (Å²) >= 11 is 3.24. The van der Waals surface area contributed by atoms with Crippen molar-refractivity contribution < 1.29 is 10.0 Å². The number of nitrogens with one attached hydrogen (secondary N) is 1. The van der Waals surface area contributed by atoms with Crippen molar-refractivity contribution in [3.8, 4) is 0 Å². The number of nitro groups is 1. The van der Waals surface area contributed by atoms with Gasteiger partial charge in [0.2, 0.25) is 0 Å². The fraction of sp³-hybridized carbons (Fsp3) is 0.538. The summed E-state index contributed by atoms with van der Waals surface area (Å²) in [5.74, 6) is 0.478. The summed E-state index contributed by atoms with van der Waals surface area (Å²) in [7, 11) is 0. The number of aliphatic hydroxyl groups is 1. The van der Waals surface area contributed by atoms with Crippen molar-refractivity contribution in [2.24, 2.45) is 5.92 Å². The van der Waals surface area contributed by atoms with Crippen LogP contribution in [0, 0.1) is 16.0 Å². The van der Waals surface area contributed by atoms with Gasteiger partial charge in [0.15, 0.2) is 0 Å². The van der Waals surface area contributed by atoms with Crippen LogP contribution in [0.15, 0.2) is 22.7 Å². The predicted octanol–water partition coefficient (Wildman–Crippen LogP) is 3.32. The Labute approximate surface area is 120 Å². The van der Waals surface area contributed by atoms with Crippen molar-refractivity contribution in [1.82, 2.24) is 0 Å². The number of rotatable bonds is 4. The van der Waals surface area contributed by atoms with E-state index >= 15 is 0 Å². The standard InChI is InChI=1S/C13H17BrN2O3/c14-10-3-6-12(13(7-10)16(18)19)15-8-9-1-4-11(17)5-2-9/h3,6-7,9,11,15,17H,1-2,4-5,8H2. The third kappa shape index (κ3) is 3.91. The fourth-order valence-electron chi connectivity index (χ4n) is 2.41. The lowest BCUT2D eigenvalue weighted by Gasteiger charge is -2.25. The van der Waals surface area contributed by atoms with E-state index in [1.807, 2.05) is 0 Å². The third-order valence-electron chi connectivity index (χ3n) is 3.55. The molecule has 0 atom stereocenters. The lowest BCUT2D eigenvalue weighted by Crippen LogP contribution is -2.23. The first kappa shape index (κ1) is 14.3. The first-order valence-corrected chi connectivity index (χ1v) is 7.21. The second-order valence-electron chi connectivity index (χ2n) is 4.97. The number of anilines is 1. The Morgan fingerprint density at radius 2 is 2.05 bits per heavy atom. The zero-order valence-electron chi connectivity index (χ0n) is 10.5. The number of nitrogens with zero attached hydrogens (tertiary/aromatic N) is 1. The maximum atomic E-state index is 11.0. The normalized spacial score (nSPS) is 23.1. The van der Waals surface area contributed by atoms with Gasteiger partial charge in [-0.25, -0.2) is 0 Å². The molecule has 5 nitrogen and oxygen atoms in total. The molecule has 0 bridgehead atoms. The van der Waals surface area contributed by atoms with Gasteiger partial charge < -0.3 is 10.4 Å². The number of nitro benzene ring substituents is 1. The zero-order valence-corrected chi connectivity index (χ0v) is 12.1. The predicted molar refractivity (Wildman–Crippen MR) is 77.3 cm³/mol. The molecule has 0 heterocycles. The van der Waals surface area contributed by atoms with Crippen LogP contribution in [0.1, 0.15) is 25.7 Å². The van der Waals surface area contributed by atoms with Crippen LogP contribution < -0.4 is 5.32 Å². The van der Waals surface area contributed by atoms with E-state index in [2.05, 4.69) is 21.2 Å². The minimum atomic E-state index is -0.377. The lowest BCUT2D eigenvalue weighted by molar-refractivity contribution is -0.384. The molecule has 2 rings (SSSR count). The van der Waals surface area contributed by atoms with Crippen molar-refractivity contribution >= 4 is 27.3 Å². The fourth-order valence-corrected chi connectivity index (χ4v) is 2.76. The molecule has 1 fully saturated rings. The number of hydrogen-bond acceptors (Lipinski definition) is 4. The average molecular weight is 329 g/mol. The molecule has 0 amide bonds. The van der Waals surface area contributed by atoms with E-state index in [9.17, 15) is 15.2 Å². The molecule has 0 aliphatic heterocycles. The van der Waals surface area contributed by atoms with Crippen molar-refractivity contribution in [2.75, 3.05) is 11.9 Å². The number of halogens is 1. The largest absolute Gasteiger partial charge is 0.393 e. The summed E-state index contributed by atoms with van der Waals surface area (Å²) in [5.41, 5.74) is 0.643. The van der Waals surface area contributed by atoms with Crippen molar-refractivity contribution in [2.45, 2.75) is 31.8 Å². The highest BCUT2D eigenvalue weighted by Crippen LogP contribution is 2.30. The summed E-state index contributed by atoms with van der Waals surface area (Å²) in [6.07, 6.45) is 3.43. The minimum absolute atomic E-state index is 0.0882. The molecular weight excluding hydrogens is 312 g/mol. The summed E-state index contributed by atoms with van der Waals surface area (Å²) < 4.78 is 0.700. The van der Waals surface area contributed by atoms with Crippen LogP contribution in [0.2, 0.25) is 0 Å². The van der Waals surface area contributed by atoms with Gasteiger partial charge in [0.25, 0.3) is 5.69 Å². The molecule has 0 spiro atoms. The summed E-state index contributed by atoms with van der Waals surface area (Å²) in [6, 6.07) is 5.02. The van der Waals surface area contributed by atoms with E-state index in [1.165, 1.54) is 6.07 Å². The smallest absolute Gasteiger partial charge is 0.293 e. The van der Waals surface area contributed by atoms with E-state index in [-0.39, 0.29) is 16.7 Å². The van der Waals surface area contributed by atoms with Gasteiger partial charge in [-0.1, -0.05) is 15.9 Å². The van der Waals surface area contributed by atoms with Gasteiger partial charge in [-0.05, 0) is 43.7 Å². The van der Waals surface area contributed by atoms with Gasteiger partial charge in [-0.15, -0.1) is 0 Å². The Hall–Kier alpha value is -1.14. The number of hydrogen-bond donors (Lipinski definition) is 2. The monoisotopic (exact) mass is 328 g/mol. The Morgan fingerprint density at radius 3 is 2.68 bits per heavy atom. The maximum Gasteiger partial charge on any atom is 0.293 e. The van der Waals surface area contributed by atoms with Crippen LogP contribution in [-0.2, 0) is 0 Å². The molecule has 0 radical (unpaired) electrons. The number of benzene rings is 1. The third-order valence-corrected chi connectivity index (χ3v) is 4.05. The molecule has 6 heteroatoms. The highest BCUT2D eigenvalue weighted by molar-refractivity contribution is 9.10. The molecule has 19 heavy (non-hydrogen) atoms. The van der Waals surface area contributed by atoms with E-state index in [4.69, 9.17) is 0 Å². The topological polar surface area (TPSA) is 75.4 Å². The van der Waals surface area contributed by atoms with Crippen molar-refractivity contribution in [3.05, 3.63) is 32.8 Å². The molecule has 1 aliphatic rings. The second-order valence-corrected chi connectivity index (χ2v) is 5.89. The maximum absolute atomic E-state index is 11.0. The molecule has 1 aliphatic carbocycles. The van der Waals surface area contributed by atoms with Crippen LogP contribution in [0.25, 0.3) is 0 Å². The molecular formula is C13H17BrN2O3. The van der Waals surface area contributed by atoms with Gasteiger partial charge >= 0.3 is 0 Å². The molecule has 0 unspecified atom stereocenters. The van der Waals surface area contributed by atoms with Gasteiger partial charge in [0, 0.05) is 17.1 Å². The van der Waals surface area contributed by atoms with Gasteiger partial charge in [0.05, 0.1) is 11.0 Å². The van der Waals surface area contributed by atoms with Gasteiger partial charge in [-0.3, -0.25) is 10.1 Å². The Morgan fingerprint density at radius 1 is 1.37 bits per heavy atom. The van der Waals surface area contributed by atoms with Crippen LogP contribution in [-0.4, -0.2) is 22.7 Å². The van der Waals surface area contributed by atoms with Crippen LogP contribution in [0.5, 0.6) is 0 Å². The minimum Gasteiger partial charge on any atom is -0.393 e. The van der Waals surface area contributed by atoms with E-state index in [0.29, 0.717) is 16.1 Å². The molecule has 1 aromatic rings. The van der Waals surface area contributed by atoms with Crippen LogP contribution in [0.4, 0.5) is 11.4 Å². The van der Waals surface area contributed by atoms with Gasteiger partial charge in [0.1, 0.15) is 5.69 Å². The van der Waals surface area contributed by atoms with Crippen LogP contribution in [0.3, 0.4) is 0 Å². The molecule has 1 saturated carbocycles. The number of aliphatic hydroxyl groups excluding tert-OH is 1. The molecule has 104 valence electrons. The first-order valence-electron chi connectivity index (χ1n) is 6.42. The SMILES string of the molecule is O=[N+]([O-])c1cc(Br)ccc1NCC1CCC(O)CC1. The Bertz CT molecular complexity index is 459. The highest BCUT2D eigenvalue weighted by atomic mass is 79.9. The highest BCUT2D eigenvalue weighted by Gasteiger charge is 2.20. The van der Waals surface area contributed by atoms with Crippen LogP contribution >= 0.6 is 15.9 Å². The Balaban J connectivity index is 1.97. The molecule has 2 N–H and O–H groups in total. The quantitative estimate of drug-likeness (QED) is 0.656. The zero-order chi connectivity index (χ0) is 13.8.